The first-order chi connectivity index (χ1) is 20.0. The Morgan fingerprint density at radius 3 is 1.44 bits per heavy atom. The molecule has 0 atom stereocenters. The quantitative estimate of drug-likeness (QED) is 0.363. The number of nitrogens with one attached hydrogen (secondary N) is 2. The minimum atomic E-state index is -1.13. The molecule has 3 aromatic rings. The van der Waals surface area contributed by atoms with Crippen LogP contribution in [0.1, 0.15) is 98.4 Å². The van der Waals surface area contributed by atoms with Gasteiger partial charge in [0.05, 0.1) is 22.8 Å². The molecule has 5 rings (SSSR count). The molecule has 9 heteroatoms. The summed E-state index contributed by atoms with van der Waals surface area (Å²) in [4.78, 5) is 40.0. The largest absolute Gasteiger partial charge is 2.00 e. The van der Waals surface area contributed by atoms with Gasteiger partial charge in [-0.25, -0.2) is 9.97 Å². The van der Waals surface area contributed by atoms with Crippen molar-refractivity contribution in [1.82, 2.24) is 19.9 Å². The zero-order valence-corrected chi connectivity index (χ0v) is 26.5. The number of carboxylic acid groups (broad SMARTS) is 2. The van der Waals surface area contributed by atoms with Gasteiger partial charge >= 0.3 is 16.8 Å². The molecule has 225 valence electrons. The third-order valence-corrected chi connectivity index (χ3v) is 8.67. The standard InChI is InChI=1S/C34H38N4O4.Co/c1-7-21-17(3)25-13-26-19(5)23(9-11-33(39)40)31(37-26)16-32-24(10-12-34(41)42)20(6)28(38-32)15-30-22(8-2)18(4)27(36-30)14-29(21)35-25;/h13-16,35-36H,7-12H2,1-6H3,(H,39,40)(H,41,42);/q;+2/p-2. The van der Waals surface area contributed by atoms with E-state index in [0.29, 0.717) is 11.4 Å². The Kier molecular flexibility index (Phi) is 9.46. The molecule has 0 aromatic carbocycles. The number of carbonyl (C=O) groups excluding carboxylic acids is 2. The van der Waals surface area contributed by atoms with Crippen molar-refractivity contribution in [3.63, 3.8) is 0 Å². The molecule has 0 amide bonds. The summed E-state index contributed by atoms with van der Waals surface area (Å²) in [6, 6.07) is 8.09. The second-order valence-electron chi connectivity index (χ2n) is 11.1. The van der Waals surface area contributed by atoms with Gasteiger partial charge in [0.2, 0.25) is 0 Å². The van der Waals surface area contributed by atoms with Crippen molar-refractivity contribution in [2.24, 2.45) is 0 Å². The number of aliphatic carboxylic acids is 2. The number of aromatic nitrogens is 4. The predicted octanol–water partition coefficient (Wildman–Crippen LogP) is 4.98. The molecular weight excluding hydrogens is 587 g/mol. The molecule has 0 aliphatic carbocycles. The number of allylic oxidation sites excluding steroid dienone is 4. The number of carboxylic acids is 2. The number of aryl methyl sites for hydroxylation is 4. The summed E-state index contributed by atoms with van der Waals surface area (Å²) in [5, 5.41) is 22.8. The number of hydrogen-bond donors (Lipinski definition) is 2. The zero-order chi connectivity index (χ0) is 30.3. The summed E-state index contributed by atoms with van der Waals surface area (Å²) in [6.45, 7) is 12.4. The summed E-state index contributed by atoms with van der Waals surface area (Å²) in [6.07, 6.45) is 1.96. The number of aromatic amines is 2. The van der Waals surface area contributed by atoms with Crippen molar-refractivity contribution < 1.29 is 36.6 Å². The van der Waals surface area contributed by atoms with Crippen LogP contribution in [0.2, 0.25) is 0 Å². The molecule has 0 fully saturated rings. The van der Waals surface area contributed by atoms with Gasteiger partial charge in [-0.1, -0.05) is 13.8 Å². The van der Waals surface area contributed by atoms with E-state index in [1.165, 1.54) is 16.7 Å². The van der Waals surface area contributed by atoms with E-state index in [-0.39, 0.29) is 42.5 Å². The molecule has 8 nitrogen and oxygen atoms in total. The smallest absolute Gasteiger partial charge is 0.550 e. The van der Waals surface area contributed by atoms with Crippen LogP contribution in [0.5, 0.6) is 0 Å². The van der Waals surface area contributed by atoms with Crippen molar-refractivity contribution >= 4 is 56.3 Å². The van der Waals surface area contributed by atoms with E-state index < -0.39 is 11.9 Å². The fraction of sp³-hybridized carbons (Fsp3) is 0.353. The van der Waals surface area contributed by atoms with Crippen molar-refractivity contribution in [2.75, 3.05) is 0 Å². The van der Waals surface area contributed by atoms with Gasteiger partial charge in [0.1, 0.15) is 0 Å². The van der Waals surface area contributed by atoms with Crippen LogP contribution in [0.3, 0.4) is 0 Å². The van der Waals surface area contributed by atoms with Gasteiger partial charge in [-0.2, -0.15) is 0 Å². The van der Waals surface area contributed by atoms with Crippen molar-refractivity contribution in [1.29, 1.82) is 0 Å². The second-order valence-corrected chi connectivity index (χ2v) is 11.1. The summed E-state index contributed by atoms with van der Waals surface area (Å²) in [7, 11) is 0. The molecule has 8 bridgehead atoms. The van der Waals surface area contributed by atoms with Crippen LogP contribution < -0.4 is 10.2 Å². The maximum atomic E-state index is 11.4. The van der Waals surface area contributed by atoms with Crippen LogP contribution in [0, 0.1) is 13.8 Å². The topological polar surface area (TPSA) is 138 Å². The molecule has 5 heterocycles. The van der Waals surface area contributed by atoms with Gasteiger partial charge in [0.25, 0.3) is 0 Å². The van der Waals surface area contributed by atoms with E-state index in [2.05, 4.69) is 43.7 Å². The first-order valence-corrected chi connectivity index (χ1v) is 14.6. The summed E-state index contributed by atoms with van der Waals surface area (Å²) in [5.41, 5.74) is 14.9. The predicted molar refractivity (Wildman–Crippen MR) is 163 cm³/mol. The summed E-state index contributed by atoms with van der Waals surface area (Å²) >= 11 is 0. The van der Waals surface area contributed by atoms with Crippen LogP contribution in [0.4, 0.5) is 0 Å². The second kappa shape index (κ2) is 12.7. The van der Waals surface area contributed by atoms with Gasteiger partial charge in [0, 0.05) is 34.0 Å². The third kappa shape index (κ3) is 6.10. The van der Waals surface area contributed by atoms with Gasteiger partial charge < -0.3 is 29.8 Å². The van der Waals surface area contributed by atoms with Crippen LogP contribution in [-0.4, -0.2) is 31.9 Å². The minimum Gasteiger partial charge on any atom is -0.550 e. The van der Waals surface area contributed by atoms with Gasteiger partial charge in [0.15, 0.2) is 0 Å². The van der Waals surface area contributed by atoms with Crippen LogP contribution >= 0.6 is 0 Å². The van der Waals surface area contributed by atoms with E-state index in [4.69, 9.17) is 9.97 Å². The monoisotopic (exact) mass is 623 g/mol. The molecule has 0 spiro atoms. The number of fused-ring (bicyclic) bond motifs is 8. The van der Waals surface area contributed by atoms with Crippen molar-refractivity contribution in [3.8, 4) is 0 Å². The Bertz CT molecular complexity index is 1860. The minimum absolute atomic E-state index is 0. The fourth-order valence-electron chi connectivity index (χ4n) is 6.21. The SMILES string of the molecule is CCc1c(C)c2cc3[nH]c(cc4nc(cc5nc(cc1[nH]2)C(C)=C5CCC(=O)[O-])C(CCC(=O)[O-])=C4C)c(C)c3CC.[Co+2]. The summed E-state index contributed by atoms with van der Waals surface area (Å²) in [5.74, 6) is -2.25. The number of rotatable bonds is 8. The number of H-pyrrole nitrogens is 2. The Hall–Kier alpha value is -3.95. The average molecular weight is 624 g/mol. The molecular formula is C34H36CoN4O4. The molecule has 1 radical (unpaired) electrons. The molecule has 43 heavy (non-hydrogen) atoms. The van der Waals surface area contributed by atoms with Crippen molar-refractivity contribution in [2.45, 2.75) is 80.1 Å². The Labute approximate surface area is 261 Å². The maximum Gasteiger partial charge on any atom is 2.00 e. The third-order valence-electron chi connectivity index (χ3n) is 8.67. The van der Waals surface area contributed by atoms with Gasteiger partial charge in [-0.15, -0.1) is 0 Å². The number of carbonyl (C=O) groups is 2. The normalized spacial score (nSPS) is 13.0. The summed E-state index contributed by atoms with van der Waals surface area (Å²) < 4.78 is 0. The first kappa shape index (κ1) is 32.0. The van der Waals surface area contributed by atoms with E-state index >= 15 is 0 Å². The molecule has 2 aliphatic heterocycles. The van der Waals surface area contributed by atoms with Crippen LogP contribution in [0.25, 0.3) is 44.4 Å². The maximum absolute atomic E-state index is 11.4. The van der Waals surface area contributed by atoms with E-state index in [0.717, 1.165) is 74.2 Å². The molecule has 0 unspecified atom stereocenters. The van der Waals surface area contributed by atoms with Gasteiger partial charge in [-0.05, 0) is 135 Å². The van der Waals surface area contributed by atoms with Crippen LogP contribution in [0.15, 0.2) is 24.3 Å². The van der Waals surface area contributed by atoms with Crippen LogP contribution in [-0.2, 0) is 39.2 Å². The Morgan fingerprint density at radius 1 is 0.628 bits per heavy atom. The Balaban J connectivity index is 0.00000423. The molecule has 0 saturated carbocycles. The van der Waals surface area contributed by atoms with E-state index in [1.807, 2.05) is 32.0 Å². The molecule has 3 aromatic heterocycles. The van der Waals surface area contributed by atoms with Crippen molar-refractivity contribution in [3.05, 3.63) is 69.3 Å². The fourth-order valence-corrected chi connectivity index (χ4v) is 6.21. The Morgan fingerprint density at radius 2 is 1.02 bits per heavy atom. The van der Waals surface area contributed by atoms with Gasteiger partial charge in [-0.3, -0.25) is 0 Å². The average Bonchev–Trinajstić information content (AvgIpc) is 3.59. The van der Waals surface area contributed by atoms with E-state index in [9.17, 15) is 19.8 Å². The van der Waals surface area contributed by atoms with E-state index in [1.54, 1.807) is 0 Å². The molecule has 2 aliphatic rings. The molecule has 0 saturated heterocycles. The first-order valence-electron chi connectivity index (χ1n) is 14.6. The molecule has 2 N–H and O–H groups in total. The number of hydrogen-bond acceptors (Lipinski definition) is 6. The zero-order valence-electron chi connectivity index (χ0n) is 25.4. The number of nitrogens with zero attached hydrogens (tertiary/aromatic N) is 2.